The number of fused-ring (bicyclic) bond motifs is 1. The van der Waals surface area contributed by atoms with Crippen LogP contribution in [0, 0.1) is 5.82 Å². The van der Waals surface area contributed by atoms with E-state index in [1.807, 2.05) is 5.48 Å². The summed E-state index contributed by atoms with van der Waals surface area (Å²) >= 11 is 0. The van der Waals surface area contributed by atoms with E-state index in [2.05, 4.69) is 19.9 Å². The average molecular weight is 412 g/mol. The van der Waals surface area contributed by atoms with Crippen LogP contribution in [0.15, 0.2) is 27.8 Å². The maximum absolute atomic E-state index is 13.4. The molecular weight excluding hydrogens is 395 g/mol. The SMILES string of the molecule is NS(=O)(=O)N1CC[C@@H](Oc2nonc2C(=N[C@H]2Cc3ccc(F)cc32)NO)C1. The third kappa shape index (κ3) is 3.56. The van der Waals surface area contributed by atoms with Crippen LogP contribution in [-0.2, 0) is 16.6 Å². The molecule has 1 aromatic carbocycles. The van der Waals surface area contributed by atoms with Gasteiger partial charge < -0.3 is 4.74 Å². The van der Waals surface area contributed by atoms with Gasteiger partial charge in [0.1, 0.15) is 11.9 Å². The molecule has 1 aromatic heterocycles. The average Bonchev–Trinajstić information content (AvgIpc) is 3.28. The molecule has 2 aliphatic rings. The third-order valence-electron chi connectivity index (χ3n) is 4.70. The first kappa shape index (κ1) is 18.7. The lowest BCUT2D eigenvalue weighted by molar-refractivity contribution is 0.190. The van der Waals surface area contributed by atoms with Gasteiger partial charge in [0.25, 0.3) is 16.1 Å². The summed E-state index contributed by atoms with van der Waals surface area (Å²) < 4.78 is 47.7. The molecule has 1 aliphatic carbocycles. The zero-order chi connectivity index (χ0) is 19.9. The maximum Gasteiger partial charge on any atom is 0.287 e. The lowest BCUT2D eigenvalue weighted by Gasteiger charge is -2.27. The first-order valence-electron chi connectivity index (χ1n) is 8.39. The molecule has 13 heteroatoms. The molecule has 0 saturated carbocycles. The summed E-state index contributed by atoms with van der Waals surface area (Å²) in [4.78, 5) is 4.33. The lowest BCUT2D eigenvalue weighted by Crippen LogP contribution is -2.36. The van der Waals surface area contributed by atoms with Gasteiger partial charge in [0.15, 0.2) is 5.84 Å². The van der Waals surface area contributed by atoms with Gasteiger partial charge in [-0.05, 0) is 46.4 Å². The number of hydroxylamine groups is 1. The minimum Gasteiger partial charge on any atom is -0.469 e. The van der Waals surface area contributed by atoms with Gasteiger partial charge in [-0.1, -0.05) is 6.07 Å². The van der Waals surface area contributed by atoms with Gasteiger partial charge in [-0.15, -0.1) is 0 Å². The zero-order valence-electron chi connectivity index (χ0n) is 14.4. The predicted octanol–water partition coefficient (Wildman–Crippen LogP) is -0.112. The summed E-state index contributed by atoms with van der Waals surface area (Å²) in [6.07, 6.45) is 0.466. The molecule has 0 amide bonds. The minimum absolute atomic E-state index is 0.0152. The summed E-state index contributed by atoms with van der Waals surface area (Å²) in [6.45, 7) is 0.271. The molecule has 11 nitrogen and oxygen atoms in total. The van der Waals surface area contributed by atoms with Crippen molar-refractivity contribution in [3.63, 3.8) is 0 Å². The van der Waals surface area contributed by atoms with Crippen LogP contribution >= 0.6 is 0 Å². The highest BCUT2D eigenvalue weighted by Gasteiger charge is 2.33. The second-order valence-corrected chi connectivity index (χ2v) is 8.05. The van der Waals surface area contributed by atoms with E-state index in [1.54, 1.807) is 6.07 Å². The molecule has 1 fully saturated rings. The van der Waals surface area contributed by atoms with E-state index < -0.39 is 16.3 Å². The second-order valence-electron chi connectivity index (χ2n) is 6.50. The van der Waals surface area contributed by atoms with Crippen molar-refractivity contribution in [1.29, 1.82) is 0 Å². The molecular formula is C15H17FN6O5S. The van der Waals surface area contributed by atoms with Crippen molar-refractivity contribution in [3.05, 3.63) is 40.8 Å². The number of amidine groups is 1. The Bertz CT molecular complexity index is 1030. The normalized spacial score (nSPS) is 22.6. The summed E-state index contributed by atoms with van der Waals surface area (Å²) in [5.41, 5.74) is 3.63. The number of nitrogens with two attached hydrogens (primary N) is 1. The Labute approximate surface area is 159 Å². The first-order chi connectivity index (χ1) is 13.3. The van der Waals surface area contributed by atoms with Crippen LogP contribution in [0.2, 0.25) is 0 Å². The Morgan fingerprint density at radius 1 is 1.46 bits per heavy atom. The largest absolute Gasteiger partial charge is 0.469 e. The van der Waals surface area contributed by atoms with Crippen molar-refractivity contribution in [2.75, 3.05) is 13.1 Å². The number of hydrogen-bond acceptors (Lipinski definition) is 8. The van der Waals surface area contributed by atoms with Crippen molar-refractivity contribution in [1.82, 2.24) is 20.1 Å². The fourth-order valence-corrected chi connectivity index (χ4v) is 3.98. The van der Waals surface area contributed by atoms with Crippen molar-refractivity contribution >= 4 is 16.0 Å². The van der Waals surface area contributed by atoms with E-state index in [0.29, 0.717) is 18.4 Å². The first-order valence-corrected chi connectivity index (χ1v) is 9.89. The van der Waals surface area contributed by atoms with Crippen LogP contribution in [0.5, 0.6) is 5.88 Å². The molecule has 4 rings (SSSR count). The van der Waals surface area contributed by atoms with Crippen molar-refractivity contribution in [3.8, 4) is 5.88 Å². The quantitative estimate of drug-likeness (QED) is 0.349. The molecule has 2 aromatic rings. The molecule has 150 valence electrons. The maximum atomic E-state index is 13.4. The molecule has 0 radical (unpaired) electrons. The summed E-state index contributed by atoms with van der Waals surface area (Å²) in [7, 11) is -3.80. The Morgan fingerprint density at radius 2 is 2.29 bits per heavy atom. The van der Waals surface area contributed by atoms with E-state index in [4.69, 9.17) is 9.88 Å². The highest BCUT2D eigenvalue weighted by atomic mass is 32.2. The molecule has 0 bridgehead atoms. The van der Waals surface area contributed by atoms with Gasteiger partial charge in [0.05, 0.1) is 12.6 Å². The third-order valence-corrected chi connectivity index (χ3v) is 5.75. The smallest absolute Gasteiger partial charge is 0.287 e. The van der Waals surface area contributed by atoms with Crippen LogP contribution < -0.4 is 15.4 Å². The molecule has 4 N–H and O–H groups in total. The van der Waals surface area contributed by atoms with Crippen molar-refractivity contribution < 1.29 is 27.4 Å². The molecule has 1 aliphatic heterocycles. The topological polar surface area (TPSA) is 156 Å². The Morgan fingerprint density at radius 3 is 3.00 bits per heavy atom. The van der Waals surface area contributed by atoms with E-state index in [-0.39, 0.29) is 42.4 Å². The standard InChI is InChI=1S/C15H17FN6O5S/c16-9-2-1-8-5-12(11(8)6-9)18-14(19-23)13-15(21-27-20-13)26-10-3-4-22(7-10)28(17,24)25/h1-2,6,10,12,23H,3-5,7H2,(H,18,19)(H2,17,24,25)/t10-,12+/m1/s1. The zero-order valence-corrected chi connectivity index (χ0v) is 15.3. The Kier molecular flexibility index (Phi) is 4.74. The molecule has 0 unspecified atom stereocenters. The van der Waals surface area contributed by atoms with Gasteiger partial charge in [-0.2, -0.15) is 12.7 Å². The number of aromatic nitrogens is 2. The predicted molar refractivity (Wildman–Crippen MR) is 92.3 cm³/mol. The fourth-order valence-electron chi connectivity index (χ4n) is 3.25. The molecule has 2 atom stereocenters. The fraction of sp³-hybridized carbons (Fsp3) is 0.400. The number of ether oxygens (including phenoxy) is 1. The highest BCUT2D eigenvalue weighted by Crippen LogP contribution is 2.37. The Balaban J connectivity index is 1.51. The Hall–Kier alpha value is -2.61. The van der Waals surface area contributed by atoms with Crippen LogP contribution in [0.25, 0.3) is 0 Å². The number of rotatable bonds is 5. The monoisotopic (exact) mass is 412 g/mol. The minimum atomic E-state index is -3.80. The second kappa shape index (κ2) is 7.09. The van der Waals surface area contributed by atoms with E-state index in [0.717, 1.165) is 9.87 Å². The lowest BCUT2D eigenvalue weighted by atomic mass is 9.83. The highest BCUT2D eigenvalue weighted by molar-refractivity contribution is 7.86. The molecule has 0 spiro atoms. The van der Waals surface area contributed by atoms with Crippen LogP contribution in [0.3, 0.4) is 0 Å². The van der Waals surface area contributed by atoms with Crippen molar-refractivity contribution in [2.24, 2.45) is 10.1 Å². The van der Waals surface area contributed by atoms with Gasteiger partial charge in [-0.3, -0.25) is 15.7 Å². The van der Waals surface area contributed by atoms with E-state index in [9.17, 15) is 18.0 Å². The van der Waals surface area contributed by atoms with E-state index in [1.165, 1.54) is 12.1 Å². The van der Waals surface area contributed by atoms with Gasteiger partial charge >= 0.3 is 0 Å². The van der Waals surface area contributed by atoms with Crippen molar-refractivity contribution in [2.45, 2.75) is 25.0 Å². The van der Waals surface area contributed by atoms with E-state index >= 15 is 0 Å². The number of benzene rings is 1. The molecule has 28 heavy (non-hydrogen) atoms. The molecule has 1 saturated heterocycles. The number of nitrogens with zero attached hydrogens (tertiary/aromatic N) is 4. The summed E-state index contributed by atoms with van der Waals surface area (Å²) in [5.74, 6) is -0.484. The van der Waals surface area contributed by atoms with Gasteiger partial charge in [-0.25, -0.2) is 14.2 Å². The number of halogens is 1. The number of aliphatic imine (C=N–C) groups is 1. The summed E-state index contributed by atoms with van der Waals surface area (Å²) in [6, 6.07) is 4.09. The van der Waals surface area contributed by atoms with Crippen LogP contribution in [-0.4, -0.2) is 53.3 Å². The van der Waals surface area contributed by atoms with Crippen LogP contribution in [0.4, 0.5) is 4.39 Å². The van der Waals surface area contributed by atoms with Crippen LogP contribution in [0.1, 0.15) is 29.3 Å². The number of nitrogens with one attached hydrogen (secondary N) is 1. The summed E-state index contributed by atoms with van der Waals surface area (Å²) in [5, 5.41) is 21.9. The number of hydrogen-bond donors (Lipinski definition) is 3. The van der Waals surface area contributed by atoms with Gasteiger partial charge in [0.2, 0.25) is 5.69 Å². The molecule has 2 heterocycles. The van der Waals surface area contributed by atoms with Gasteiger partial charge in [0, 0.05) is 6.54 Å².